The summed E-state index contributed by atoms with van der Waals surface area (Å²) in [6, 6.07) is 0. The maximum atomic E-state index is 12.2. The molecule has 2 aliphatic heterocycles. The molecule has 0 bridgehead atoms. The number of carbonyl (C=O) groups is 1. The van der Waals surface area contributed by atoms with Crippen molar-refractivity contribution in [3.63, 3.8) is 0 Å². The lowest BCUT2D eigenvalue weighted by Gasteiger charge is -2.25. The van der Waals surface area contributed by atoms with Crippen LogP contribution in [0.25, 0.3) is 0 Å². The summed E-state index contributed by atoms with van der Waals surface area (Å²) in [5.41, 5.74) is 0.615. The maximum Gasteiger partial charge on any atom is 0.248 e. The third-order valence-electron chi connectivity index (χ3n) is 4.14. The lowest BCUT2D eigenvalue weighted by molar-refractivity contribution is -0.127. The van der Waals surface area contributed by atoms with E-state index in [0.717, 1.165) is 64.8 Å². The number of hydrogen-bond donors (Lipinski definition) is 0. The van der Waals surface area contributed by atoms with Crippen molar-refractivity contribution >= 4 is 5.91 Å². The van der Waals surface area contributed by atoms with Crippen LogP contribution in [-0.2, 0) is 14.3 Å². The standard InChI is InChI=1S/C16H27NO3/c1-13(2)16(18)17(9-7-14-5-3-11-19-14)10-8-15-6-4-12-20-15/h14-15H,1,3-12H2,2H3. The molecule has 114 valence electrons. The number of ether oxygens (including phenoxy) is 2. The van der Waals surface area contributed by atoms with Crippen molar-refractivity contribution < 1.29 is 14.3 Å². The van der Waals surface area contributed by atoms with Crippen LogP contribution in [0.1, 0.15) is 45.4 Å². The number of hydrogen-bond acceptors (Lipinski definition) is 3. The van der Waals surface area contributed by atoms with Gasteiger partial charge in [-0.05, 0) is 45.4 Å². The van der Waals surface area contributed by atoms with Gasteiger partial charge in [0.25, 0.3) is 0 Å². The van der Waals surface area contributed by atoms with E-state index >= 15 is 0 Å². The van der Waals surface area contributed by atoms with Gasteiger partial charge in [0.15, 0.2) is 0 Å². The Morgan fingerprint density at radius 1 is 1.10 bits per heavy atom. The zero-order valence-electron chi connectivity index (χ0n) is 12.6. The molecular weight excluding hydrogens is 254 g/mol. The van der Waals surface area contributed by atoms with E-state index in [2.05, 4.69) is 6.58 Å². The Morgan fingerprint density at radius 2 is 1.60 bits per heavy atom. The predicted molar refractivity (Wildman–Crippen MR) is 78.6 cm³/mol. The summed E-state index contributed by atoms with van der Waals surface area (Å²) in [5, 5.41) is 0. The molecule has 2 saturated heterocycles. The fourth-order valence-electron chi connectivity index (χ4n) is 2.93. The molecule has 0 radical (unpaired) electrons. The molecule has 4 nitrogen and oxygen atoms in total. The monoisotopic (exact) mass is 281 g/mol. The van der Waals surface area contributed by atoms with Crippen molar-refractivity contribution in [3.8, 4) is 0 Å². The van der Waals surface area contributed by atoms with Crippen LogP contribution in [0.2, 0.25) is 0 Å². The molecular formula is C16H27NO3. The summed E-state index contributed by atoms with van der Waals surface area (Å²) in [7, 11) is 0. The van der Waals surface area contributed by atoms with Crippen LogP contribution in [-0.4, -0.2) is 49.3 Å². The SMILES string of the molecule is C=C(C)C(=O)N(CCC1CCCO1)CCC1CCCO1. The molecule has 0 aromatic carbocycles. The van der Waals surface area contributed by atoms with Crippen molar-refractivity contribution in [2.24, 2.45) is 0 Å². The van der Waals surface area contributed by atoms with Crippen LogP contribution in [0.4, 0.5) is 0 Å². The van der Waals surface area contributed by atoms with Crippen molar-refractivity contribution in [2.75, 3.05) is 26.3 Å². The molecule has 2 heterocycles. The van der Waals surface area contributed by atoms with Crippen LogP contribution in [0.15, 0.2) is 12.2 Å². The Hall–Kier alpha value is -0.870. The Labute approximate surface area is 122 Å². The third kappa shape index (κ3) is 4.60. The highest BCUT2D eigenvalue weighted by atomic mass is 16.5. The number of amides is 1. The molecule has 0 saturated carbocycles. The molecule has 20 heavy (non-hydrogen) atoms. The van der Waals surface area contributed by atoms with Crippen LogP contribution >= 0.6 is 0 Å². The quantitative estimate of drug-likeness (QED) is 0.673. The van der Waals surface area contributed by atoms with Crippen molar-refractivity contribution in [2.45, 2.75) is 57.7 Å². The molecule has 2 unspecified atom stereocenters. The molecule has 4 heteroatoms. The molecule has 0 aromatic heterocycles. The van der Waals surface area contributed by atoms with Crippen LogP contribution in [0.3, 0.4) is 0 Å². The Bertz CT molecular complexity index is 311. The third-order valence-corrected chi connectivity index (χ3v) is 4.14. The van der Waals surface area contributed by atoms with E-state index in [-0.39, 0.29) is 5.91 Å². The summed E-state index contributed by atoms with van der Waals surface area (Å²) in [4.78, 5) is 14.1. The zero-order valence-corrected chi connectivity index (χ0v) is 12.6. The van der Waals surface area contributed by atoms with Gasteiger partial charge in [-0.1, -0.05) is 6.58 Å². The molecule has 0 N–H and O–H groups in total. The zero-order chi connectivity index (χ0) is 14.4. The average Bonchev–Trinajstić information content (AvgIpc) is 3.11. The lowest BCUT2D eigenvalue weighted by Crippen LogP contribution is -2.36. The number of carbonyl (C=O) groups excluding carboxylic acids is 1. The highest BCUT2D eigenvalue weighted by molar-refractivity contribution is 5.92. The van der Waals surface area contributed by atoms with Gasteiger partial charge < -0.3 is 14.4 Å². The minimum absolute atomic E-state index is 0.0704. The van der Waals surface area contributed by atoms with Gasteiger partial charge in [0.1, 0.15) is 0 Å². The van der Waals surface area contributed by atoms with Crippen molar-refractivity contribution in [1.82, 2.24) is 4.90 Å². The highest BCUT2D eigenvalue weighted by Crippen LogP contribution is 2.18. The summed E-state index contributed by atoms with van der Waals surface area (Å²) < 4.78 is 11.3. The van der Waals surface area contributed by atoms with Gasteiger partial charge in [-0.15, -0.1) is 0 Å². The summed E-state index contributed by atoms with van der Waals surface area (Å²) in [5.74, 6) is 0.0704. The normalized spacial score (nSPS) is 25.9. The first-order valence-electron chi connectivity index (χ1n) is 7.85. The summed E-state index contributed by atoms with van der Waals surface area (Å²) in [6.45, 7) is 8.84. The second-order valence-electron chi connectivity index (χ2n) is 5.92. The second kappa shape index (κ2) is 7.79. The van der Waals surface area contributed by atoms with Gasteiger partial charge >= 0.3 is 0 Å². The fourth-order valence-corrected chi connectivity index (χ4v) is 2.93. The molecule has 2 aliphatic rings. The molecule has 2 rings (SSSR count). The van der Waals surface area contributed by atoms with Crippen LogP contribution in [0, 0.1) is 0 Å². The largest absolute Gasteiger partial charge is 0.378 e. The predicted octanol–water partition coefficient (Wildman–Crippen LogP) is 2.53. The second-order valence-corrected chi connectivity index (χ2v) is 5.92. The molecule has 0 aromatic rings. The van der Waals surface area contributed by atoms with Gasteiger partial charge in [0.2, 0.25) is 5.91 Å². The lowest BCUT2D eigenvalue weighted by atomic mass is 10.1. The van der Waals surface area contributed by atoms with Crippen molar-refractivity contribution in [1.29, 1.82) is 0 Å². The number of nitrogens with zero attached hydrogens (tertiary/aromatic N) is 1. The van der Waals surface area contributed by atoms with E-state index in [1.165, 1.54) is 0 Å². The molecule has 0 spiro atoms. The molecule has 1 amide bonds. The summed E-state index contributed by atoms with van der Waals surface area (Å²) in [6.07, 6.45) is 7.08. The first-order valence-corrected chi connectivity index (χ1v) is 7.85. The summed E-state index contributed by atoms with van der Waals surface area (Å²) >= 11 is 0. The van der Waals surface area contributed by atoms with E-state index in [9.17, 15) is 4.79 Å². The van der Waals surface area contributed by atoms with E-state index in [4.69, 9.17) is 9.47 Å². The van der Waals surface area contributed by atoms with Crippen LogP contribution < -0.4 is 0 Å². The minimum Gasteiger partial charge on any atom is -0.378 e. The van der Waals surface area contributed by atoms with Crippen LogP contribution in [0.5, 0.6) is 0 Å². The fraction of sp³-hybridized carbons (Fsp3) is 0.812. The van der Waals surface area contributed by atoms with E-state index in [1.807, 2.05) is 4.90 Å². The first kappa shape index (κ1) is 15.5. The van der Waals surface area contributed by atoms with E-state index in [1.54, 1.807) is 6.92 Å². The molecule has 2 atom stereocenters. The van der Waals surface area contributed by atoms with Gasteiger partial charge in [-0.25, -0.2) is 0 Å². The van der Waals surface area contributed by atoms with E-state index in [0.29, 0.717) is 17.8 Å². The van der Waals surface area contributed by atoms with Gasteiger partial charge in [0, 0.05) is 31.9 Å². The van der Waals surface area contributed by atoms with Gasteiger partial charge in [-0.3, -0.25) is 4.79 Å². The van der Waals surface area contributed by atoms with E-state index < -0.39 is 0 Å². The minimum atomic E-state index is 0.0704. The van der Waals surface area contributed by atoms with Crippen molar-refractivity contribution in [3.05, 3.63) is 12.2 Å². The molecule has 0 aliphatic carbocycles. The highest BCUT2D eigenvalue weighted by Gasteiger charge is 2.22. The maximum absolute atomic E-state index is 12.2. The smallest absolute Gasteiger partial charge is 0.248 e. The Morgan fingerprint density at radius 3 is 1.95 bits per heavy atom. The number of rotatable bonds is 7. The van der Waals surface area contributed by atoms with Gasteiger partial charge in [-0.2, -0.15) is 0 Å². The van der Waals surface area contributed by atoms with Gasteiger partial charge in [0.05, 0.1) is 12.2 Å². The topological polar surface area (TPSA) is 38.8 Å². The Kier molecular flexibility index (Phi) is 6.05. The Balaban J connectivity index is 1.79. The first-order chi connectivity index (χ1) is 9.66. The average molecular weight is 281 g/mol. The molecule has 2 fully saturated rings.